The maximum Gasteiger partial charge on any atom is 0.258 e. The molecule has 2 aromatic rings. The van der Waals surface area contributed by atoms with Crippen LogP contribution in [0.5, 0.6) is 11.5 Å². The smallest absolute Gasteiger partial charge is 0.258 e. The Morgan fingerprint density at radius 2 is 1.96 bits per heavy atom. The first kappa shape index (κ1) is 17.8. The molecule has 0 fully saturated rings. The molecule has 0 aliphatic rings. The molecular formula is C18H18ClNO4. The molecule has 0 aliphatic heterocycles. The first-order valence-electron chi connectivity index (χ1n) is 7.32. The highest BCUT2D eigenvalue weighted by molar-refractivity contribution is 6.31. The second-order valence-corrected chi connectivity index (χ2v) is 5.55. The van der Waals surface area contributed by atoms with Crippen LogP contribution in [0.25, 0.3) is 0 Å². The van der Waals surface area contributed by atoms with Gasteiger partial charge in [0, 0.05) is 11.6 Å². The van der Waals surface area contributed by atoms with Gasteiger partial charge in [-0.15, -0.1) is 0 Å². The summed E-state index contributed by atoms with van der Waals surface area (Å²) >= 11 is 5.87. The Labute approximate surface area is 145 Å². The Balaban J connectivity index is 1.90. The first-order valence-corrected chi connectivity index (χ1v) is 7.70. The Kier molecular flexibility index (Phi) is 6.21. The number of hydrogen-bond donors (Lipinski definition) is 1. The van der Waals surface area contributed by atoms with Crippen molar-refractivity contribution in [3.05, 3.63) is 58.6 Å². The quantitative estimate of drug-likeness (QED) is 0.781. The lowest BCUT2D eigenvalue weighted by molar-refractivity contribution is -0.123. The summed E-state index contributed by atoms with van der Waals surface area (Å²) in [6.45, 7) is 1.59. The normalized spacial score (nSPS) is 10.1. The minimum absolute atomic E-state index is 0.177. The van der Waals surface area contributed by atoms with Crippen molar-refractivity contribution >= 4 is 23.3 Å². The number of Topliss-reactive ketones (excluding diaryl/α,β-unsaturated/α-hetero) is 1. The molecule has 1 amide bonds. The lowest BCUT2D eigenvalue weighted by atomic mass is 10.1. The van der Waals surface area contributed by atoms with Crippen molar-refractivity contribution in [3.8, 4) is 11.5 Å². The van der Waals surface area contributed by atoms with Gasteiger partial charge >= 0.3 is 0 Å². The minimum Gasteiger partial charge on any atom is -0.497 e. The third-order valence-electron chi connectivity index (χ3n) is 3.30. The number of ketones is 1. The Hall–Kier alpha value is -2.53. The summed E-state index contributed by atoms with van der Waals surface area (Å²) < 4.78 is 10.6. The van der Waals surface area contributed by atoms with E-state index >= 15 is 0 Å². The van der Waals surface area contributed by atoms with Crippen LogP contribution in [0.1, 0.15) is 22.8 Å². The molecule has 5 nitrogen and oxygen atoms in total. The summed E-state index contributed by atoms with van der Waals surface area (Å²) in [6.07, 6.45) is 0. The van der Waals surface area contributed by atoms with Crippen molar-refractivity contribution in [2.75, 3.05) is 13.7 Å². The van der Waals surface area contributed by atoms with E-state index in [0.717, 1.165) is 11.3 Å². The van der Waals surface area contributed by atoms with Gasteiger partial charge in [-0.2, -0.15) is 0 Å². The van der Waals surface area contributed by atoms with Gasteiger partial charge in [0.05, 0.1) is 12.7 Å². The Morgan fingerprint density at radius 3 is 2.67 bits per heavy atom. The molecular weight excluding hydrogens is 330 g/mol. The highest BCUT2D eigenvalue weighted by Gasteiger charge is 2.11. The molecule has 0 unspecified atom stereocenters. The van der Waals surface area contributed by atoms with Crippen molar-refractivity contribution in [1.29, 1.82) is 0 Å². The third kappa shape index (κ3) is 4.99. The molecule has 0 bridgehead atoms. The average molecular weight is 348 g/mol. The molecule has 24 heavy (non-hydrogen) atoms. The second kappa shape index (κ2) is 8.36. The SMILES string of the molecule is COc1cccc(CNC(=O)COc2ccc(Cl)cc2C(C)=O)c1. The molecule has 6 heteroatoms. The van der Waals surface area contributed by atoms with Gasteiger partial charge in [-0.1, -0.05) is 23.7 Å². The summed E-state index contributed by atoms with van der Waals surface area (Å²) in [5.41, 5.74) is 1.27. The van der Waals surface area contributed by atoms with Crippen molar-refractivity contribution in [1.82, 2.24) is 5.32 Å². The van der Waals surface area contributed by atoms with E-state index in [-0.39, 0.29) is 18.3 Å². The topological polar surface area (TPSA) is 64.6 Å². The molecule has 2 rings (SSSR count). The van der Waals surface area contributed by atoms with Crippen molar-refractivity contribution in [3.63, 3.8) is 0 Å². The average Bonchev–Trinajstić information content (AvgIpc) is 2.58. The van der Waals surface area contributed by atoms with Crippen LogP contribution in [0.15, 0.2) is 42.5 Å². The lowest BCUT2D eigenvalue weighted by Crippen LogP contribution is -2.28. The molecule has 0 saturated carbocycles. The van der Waals surface area contributed by atoms with Crippen LogP contribution in [-0.4, -0.2) is 25.4 Å². The van der Waals surface area contributed by atoms with Gasteiger partial charge in [0.25, 0.3) is 5.91 Å². The predicted molar refractivity (Wildman–Crippen MR) is 91.8 cm³/mol. The zero-order chi connectivity index (χ0) is 17.5. The van der Waals surface area contributed by atoms with Crippen LogP contribution in [-0.2, 0) is 11.3 Å². The standard InChI is InChI=1S/C18H18ClNO4/c1-12(21)16-9-14(19)6-7-17(16)24-11-18(22)20-10-13-4-3-5-15(8-13)23-2/h3-9H,10-11H2,1-2H3,(H,20,22). The summed E-state index contributed by atoms with van der Waals surface area (Å²) in [4.78, 5) is 23.5. The molecule has 0 saturated heterocycles. The number of nitrogens with one attached hydrogen (secondary N) is 1. The van der Waals surface area contributed by atoms with Crippen LogP contribution in [0.4, 0.5) is 0 Å². The van der Waals surface area contributed by atoms with E-state index in [2.05, 4.69) is 5.32 Å². The number of carbonyl (C=O) groups excluding carboxylic acids is 2. The fraction of sp³-hybridized carbons (Fsp3) is 0.222. The summed E-state index contributed by atoms with van der Waals surface area (Å²) in [5.74, 6) is 0.597. The molecule has 0 atom stereocenters. The van der Waals surface area contributed by atoms with Crippen LogP contribution in [0.2, 0.25) is 5.02 Å². The van der Waals surface area contributed by atoms with Crippen molar-refractivity contribution < 1.29 is 19.1 Å². The maximum atomic E-state index is 11.9. The third-order valence-corrected chi connectivity index (χ3v) is 3.54. The lowest BCUT2D eigenvalue weighted by Gasteiger charge is -2.11. The zero-order valence-electron chi connectivity index (χ0n) is 13.5. The molecule has 126 valence electrons. The van der Waals surface area contributed by atoms with Gasteiger partial charge in [-0.3, -0.25) is 9.59 Å². The van der Waals surface area contributed by atoms with Crippen LogP contribution in [0, 0.1) is 0 Å². The van der Waals surface area contributed by atoms with Crippen molar-refractivity contribution in [2.45, 2.75) is 13.5 Å². The number of methoxy groups -OCH3 is 1. The van der Waals surface area contributed by atoms with E-state index in [1.165, 1.54) is 13.0 Å². The molecule has 0 radical (unpaired) electrons. The predicted octanol–water partition coefficient (Wildman–Crippen LogP) is 3.25. The van der Waals surface area contributed by atoms with Gasteiger partial charge in [0.15, 0.2) is 12.4 Å². The van der Waals surface area contributed by atoms with E-state index in [0.29, 0.717) is 22.9 Å². The number of hydrogen-bond acceptors (Lipinski definition) is 4. The number of ether oxygens (including phenoxy) is 2. The van der Waals surface area contributed by atoms with Gasteiger partial charge in [-0.05, 0) is 42.8 Å². The molecule has 0 aromatic heterocycles. The molecule has 0 aliphatic carbocycles. The van der Waals surface area contributed by atoms with Crippen LogP contribution in [0.3, 0.4) is 0 Å². The monoisotopic (exact) mass is 347 g/mol. The summed E-state index contributed by atoms with van der Waals surface area (Å²) in [5, 5.41) is 3.19. The Bertz CT molecular complexity index is 746. The largest absolute Gasteiger partial charge is 0.497 e. The van der Waals surface area contributed by atoms with E-state index in [1.54, 1.807) is 19.2 Å². The van der Waals surface area contributed by atoms with Crippen LogP contribution < -0.4 is 14.8 Å². The molecule has 1 N–H and O–H groups in total. The van der Waals surface area contributed by atoms with E-state index < -0.39 is 0 Å². The summed E-state index contributed by atoms with van der Waals surface area (Å²) in [7, 11) is 1.59. The number of halogens is 1. The fourth-order valence-electron chi connectivity index (χ4n) is 2.08. The number of carbonyl (C=O) groups is 2. The fourth-order valence-corrected chi connectivity index (χ4v) is 2.25. The minimum atomic E-state index is -0.290. The molecule has 2 aromatic carbocycles. The van der Waals surface area contributed by atoms with E-state index in [4.69, 9.17) is 21.1 Å². The molecule has 0 spiro atoms. The van der Waals surface area contributed by atoms with Gasteiger partial charge in [-0.25, -0.2) is 0 Å². The summed E-state index contributed by atoms with van der Waals surface area (Å²) in [6, 6.07) is 12.1. The highest BCUT2D eigenvalue weighted by Crippen LogP contribution is 2.23. The van der Waals surface area contributed by atoms with E-state index in [1.807, 2.05) is 24.3 Å². The van der Waals surface area contributed by atoms with Gasteiger partial charge < -0.3 is 14.8 Å². The number of benzene rings is 2. The Morgan fingerprint density at radius 1 is 1.17 bits per heavy atom. The van der Waals surface area contributed by atoms with Gasteiger partial charge in [0.1, 0.15) is 11.5 Å². The first-order chi connectivity index (χ1) is 11.5. The van der Waals surface area contributed by atoms with Gasteiger partial charge in [0.2, 0.25) is 0 Å². The highest BCUT2D eigenvalue weighted by atomic mass is 35.5. The van der Waals surface area contributed by atoms with Crippen LogP contribution >= 0.6 is 11.6 Å². The zero-order valence-corrected chi connectivity index (χ0v) is 14.2. The second-order valence-electron chi connectivity index (χ2n) is 5.11. The maximum absolute atomic E-state index is 11.9. The number of rotatable bonds is 7. The molecule has 0 heterocycles. The van der Waals surface area contributed by atoms with Crippen molar-refractivity contribution in [2.24, 2.45) is 0 Å². The number of amides is 1. The van der Waals surface area contributed by atoms with E-state index in [9.17, 15) is 9.59 Å².